The van der Waals surface area contributed by atoms with Gasteiger partial charge in [0.25, 0.3) is 0 Å². The van der Waals surface area contributed by atoms with E-state index in [9.17, 15) is 9.59 Å². The second-order valence-electron chi connectivity index (χ2n) is 4.02. The Morgan fingerprint density at radius 2 is 1.94 bits per heavy atom. The number of carboxylic acid groups (broad SMARTS) is 1. The summed E-state index contributed by atoms with van der Waals surface area (Å²) >= 11 is 0. The molecule has 1 amide bonds. The van der Waals surface area contributed by atoms with Crippen molar-refractivity contribution in [3.63, 3.8) is 0 Å². The molecule has 1 unspecified atom stereocenters. The summed E-state index contributed by atoms with van der Waals surface area (Å²) in [4.78, 5) is 21.5. The van der Waals surface area contributed by atoms with Gasteiger partial charge in [0, 0.05) is 13.0 Å². The molecule has 0 spiro atoms. The van der Waals surface area contributed by atoms with Gasteiger partial charge in [0.15, 0.2) is 0 Å². The van der Waals surface area contributed by atoms with E-state index in [1.807, 2.05) is 0 Å². The zero-order valence-corrected chi connectivity index (χ0v) is 10.7. The summed E-state index contributed by atoms with van der Waals surface area (Å²) in [5.74, 6) is -0.400. The average molecular weight is 245 g/mol. The van der Waals surface area contributed by atoms with Gasteiger partial charge in [-0.2, -0.15) is 0 Å². The predicted octanol–water partition coefficient (Wildman–Crippen LogP) is 2.40. The Labute approximate surface area is 103 Å². The molecule has 0 bridgehead atoms. The highest BCUT2D eigenvalue weighted by atomic mass is 16.5. The highest BCUT2D eigenvalue weighted by Crippen LogP contribution is 2.17. The molecule has 0 fully saturated rings. The van der Waals surface area contributed by atoms with Gasteiger partial charge in [-0.1, -0.05) is 19.8 Å². The van der Waals surface area contributed by atoms with E-state index in [-0.39, 0.29) is 6.42 Å². The molecule has 0 heterocycles. The standard InChI is InChI=1S/C12H23NO4/c1-3-5-10(6-7-11(14)15)8-9-13-12(16)17-4-2/h10H,3-9H2,1-2H3,(H,13,16)(H,14,15). The van der Waals surface area contributed by atoms with Crippen LogP contribution in [0.3, 0.4) is 0 Å². The molecule has 0 aliphatic rings. The van der Waals surface area contributed by atoms with Gasteiger partial charge < -0.3 is 15.2 Å². The van der Waals surface area contributed by atoms with Gasteiger partial charge in [0.2, 0.25) is 0 Å². The molecule has 2 N–H and O–H groups in total. The maximum Gasteiger partial charge on any atom is 0.407 e. The second kappa shape index (κ2) is 9.93. The quantitative estimate of drug-likeness (QED) is 0.654. The first-order valence-electron chi connectivity index (χ1n) is 6.22. The van der Waals surface area contributed by atoms with Crippen LogP contribution in [0.5, 0.6) is 0 Å². The van der Waals surface area contributed by atoms with Crippen LogP contribution in [0.15, 0.2) is 0 Å². The Morgan fingerprint density at radius 3 is 2.47 bits per heavy atom. The van der Waals surface area contributed by atoms with Crippen molar-refractivity contribution in [2.45, 2.75) is 46.0 Å². The molecule has 0 aromatic carbocycles. The SMILES string of the molecule is CCCC(CCNC(=O)OCC)CCC(=O)O. The number of hydrogen-bond donors (Lipinski definition) is 2. The summed E-state index contributed by atoms with van der Waals surface area (Å²) in [7, 11) is 0. The van der Waals surface area contributed by atoms with E-state index >= 15 is 0 Å². The highest BCUT2D eigenvalue weighted by molar-refractivity contribution is 5.67. The minimum atomic E-state index is -0.760. The van der Waals surface area contributed by atoms with Gasteiger partial charge in [0.1, 0.15) is 0 Å². The van der Waals surface area contributed by atoms with Crippen molar-refractivity contribution >= 4 is 12.1 Å². The number of nitrogens with one attached hydrogen (secondary N) is 1. The van der Waals surface area contributed by atoms with Gasteiger partial charge in [-0.3, -0.25) is 4.79 Å². The molecular weight excluding hydrogens is 222 g/mol. The maximum atomic E-state index is 11.0. The van der Waals surface area contributed by atoms with Crippen LogP contribution in [0.25, 0.3) is 0 Å². The second-order valence-corrected chi connectivity index (χ2v) is 4.02. The molecule has 0 aromatic rings. The predicted molar refractivity (Wildman–Crippen MR) is 64.9 cm³/mol. The first-order valence-corrected chi connectivity index (χ1v) is 6.22. The van der Waals surface area contributed by atoms with E-state index in [1.165, 1.54) is 0 Å². The largest absolute Gasteiger partial charge is 0.481 e. The Kier molecular flexibility index (Phi) is 9.19. The van der Waals surface area contributed by atoms with E-state index in [1.54, 1.807) is 6.92 Å². The summed E-state index contributed by atoms with van der Waals surface area (Å²) in [6, 6.07) is 0. The van der Waals surface area contributed by atoms with Crippen molar-refractivity contribution in [2.75, 3.05) is 13.2 Å². The molecule has 100 valence electrons. The van der Waals surface area contributed by atoms with E-state index in [0.29, 0.717) is 25.5 Å². The van der Waals surface area contributed by atoms with Crippen molar-refractivity contribution in [1.29, 1.82) is 0 Å². The number of aliphatic carboxylic acids is 1. The van der Waals surface area contributed by atoms with Crippen LogP contribution in [0, 0.1) is 5.92 Å². The zero-order chi connectivity index (χ0) is 13.1. The molecule has 0 saturated carbocycles. The number of amides is 1. The Bertz CT molecular complexity index is 231. The first-order chi connectivity index (χ1) is 8.10. The van der Waals surface area contributed by atoms with Gasteiger partial charge in [0.05, 0.1) is 6.61 Å². The van der Waals surface area contributed by atoms with Crippen LogP contribution in [0.1, 0.15) is 46.0 Å². The first kappa shape index (κ1) is 15.7. The fourth-order valence-corrected chi connectivity index (χ4v) is 1.73. The van der Waals surface area contributed by atoms with E-state index in [2.05, 4.69) is 12.2 Å². The molecule has 0 aliphatic heterocycles. The van der Waals surface area contributed by atoms with Crippen molar-refractivity contribution in [2.24, 2.45) is 5.92 Å². The lowest BCUT2D eigenvalue weighted by Crippen LogP contribution is -2.26. The molecule has 5 heteroatoms. The molecule has 17 heavy (non-hydrogen) atoms. The number of hydrogen-bond acceptors (Lipinski definition) is 3. The lowest BCUT2D eigenvalue weighted by Gasteiger charge is -2.15. The summed E-state index contributed by atoms with van der Waals surface area (Å²) in [6.45, 7) is 4.74. The maximum absolute atomic E-state index is 11.0. The van der Waals surface area contributed by atoms with Crippen LogP contribution in [0.4, 0.5) is 4.79 Å². The summed E-state index contributed by atoms with van der Waals surface area (Å²) in [5, 5.41) is 11.3. The van der Waals surface area contributed by atoms with Gasteiger partial charge >= 0.3 is 12.1 Å². The molecule has 0 rings (SSSR count). The Morgan fingerprint density at radius 1 is 1.24 bits per heavy atom. The molecule has 0 aromatic heterocycles. The minimum absolute atomic E-state index is 0.198. The molecule has 5 nitrogen and oxygen atoms in total. The Hall–Kier alpha value is -1.26. The third kappa shape index (κ3) is 9.66. The zero-order valence-electron chi connectivity index (χ0n) is 10.7. The van der Waals surface area contributed by atoms with Gasteiger partial charge in [-0.05, 0) is 25.7 Å². The molecular formula is C12H23NO4. The molecule has 0 saturated heterocycles. The molecule has 0 aliphatic carbocycles. The van der Waals surface area contributed by atoms with E-state index < -0.39 is 12.1 Å². The van der Waals surface area contributed by atoms with E-state index in [4.69, 9.17) is 9.84 Å². The minimum Gasteiger partial charge on any atom is -0.481 e. The van der Waals surface area contributed by atoms with Crippen LogP contribution >= 0.6 is 0 Å². The third-order valence-corrected chi connectivity index (χ3v) is 2.56. The molecule has 0 radical (unpaired) electrons. The number of carbonyl (C=O) groups is 2. The van der Waals surface area contributed by atoms with Crippen molar-refractivity contribution in [3.05, 3.63) is 0 Å². The van der Waals surface area contributed by atoms with Crippen LogP contribution < -0.4 is 5.32 Å². The van der Waals surface area contributed by atoms with E-state index in [0.717, 1.165) is 19.3 Å². The fraction of sp³-hybridized carbons (Fsp3) is 0.833. The number of ether oxygens (including phenoxy) is 1. The average Bonchev–Trinajstić information content (AvgIpc) is 2.26. The number of carboxylic acids is 1. The number of carbonyl (C=O) groups excluding carboxylic acids is 1. The summed E-state index contributed by atoms with van der Waals surface area (Å²) in [6.07, 6.45) is 3.31. The third-order valence-electron chi connectivity index (χ3n) is 2.56. The smallest absolute Gasteiger partial charge is 0.407 e. The van der Waals surface area contributed by atoms with Crippen LogP contribution in [0.2, 0.25) is 0 Å². The normalized spacial score (nSPS) is 11.9. The molecule has 1 atom stereocenters. The Balaban J connectivity index is 3.75. The number of rotatable bonds is 9. The van der Waals surface area contributed by atoms with Crippen molar-refractivity contribution in [3.8, 4) is 0 Å². The van der Waals surface area contributed by atoms with Crippen molar-refractivity contribution in [1.82, 2.24) is 5.32 Å². The summed E-state index contributed by atoms with van der Waals surface area (Å²) in [5.41, 5.74) is 0. The topological polar surface area (TPSA) is 75.6 Å². The lowest BCUT2D eigenvalue weighted by atomic mass is 9.94. The van der Waals surface area contributed by atoms with Crippen LogP contribution in [-0.4, -0.2) is 30.3 Å². The van der Waals surface area contributed by atoms with Crippen molar-refractivity contribution < 1.29 is 19.4 Å². The monoisotopic (exact) mass is 245 g/mol. The van der Waals surface area contributed by atoms with Gasteiger partial charge in [-0.15, -0.1) is 0 Å². The fourth-order valence-electron chi connectivity index (χ4n) is 1.73. The van der Waals surface area contributed by atoms with Gasteiger partial charge in [-0.25, -0.2) is 4.79 Å². The van der Waals surface area contributed by atoms with Crippen LogP contribution in [-0.2, 0) is 9.53 Å². The lowest BCUT2D eigenvalue weighted by molar-refractivity contribution is -0.137. The number of alkyl carbamates (subject to hydrolysis) is 1. The summed E-state index contributed by atoms with van der Waals surface area (Å²) < 4.78 is 4.74. The highest BCUT2D eigenvalue weighted by Gasteiger charge is 2.10.